The van der Waals surface area contributed by atoms with Crippen LogP contribution in [-0.4, -0.2) is 41.8 Å². The summed E-state index contributed by atoms with van der Waals surface area (Å²) in [5, 5.41) is 11.3. The standard InChI is InChI=1S/C21H19ClN4O7/c1-12-6-7-14(9-17(12)26(31)32)25-10-13(8-19(25)28)21(30)33-11-18(27)23-24-20(29)15-4-2-3-5-16(15)22/h2-7,9,13H,8,10-11H2,1H3,(H,23,27)(H,24,29)/t13-/m1/s1. The Morgan fingerprint density at radius 3 is 2.64 bits per heavy atom. The second-order valence-corrected chi connectivity index (χ2v) is 7.63. The normalized spacial score (nSPS) is 15.2. The number of esters is 1. The minimum absolute atomic E-state index is 0.0389. The zero-order chi connectivity index (χ0) is 24.1. The Bertz CT molecular complexity index is 1140. The highest BCUT2D eigenvalue weighted by Gasteiger charge is 2.37. The van der Waals surface area contributed by atoms with Crippen molar-refractivity contribution in [3.63, 3.8) is 0 Å². The van der Waals surface area contributed by atoms with Crippen LogP contribution in [0.15, 0.2) is 42.5 Å². The van der Waals surface area contributed by atoms with Crippen LogP contribution in [-0.2, 0) is 19.1 Å². The molecule has 1 aliphatic heterocycles. The minimum Gasteiger partial charge on any atom is -0.455 e. The van der Waals surface area contributed by atoms with Crippen LogP contribution in [0, 0.1) is 23.0 Å². The number of benzene rings is 2. The fourth-order valence-electron chi connectivity index (χ4n) is 3.21. The first kappa shape index (κ1) is 23.7. The molecule has 12 heteroatoms. The summed E-state index contributed by atoms with van der Waals surface area (Å²) in [4.78, 5) is 60.4. The van der Waals surface area contributed by atoms with Crippen molar-refractivity contribution in [1.29, 1.82) is 0 Å². The lowest BCUT2D eigenvalue weighted by Gasteiger charge is -2.16. The Morgan fingerprint density at radius 1 is 1.21 bits per heavy atom. The van der Waals surface area contributed by atoms with Crippen LogP contribution in [0.2, 0.25) is 5.02 Å². The summed E-state index contributed by atoms with van der Waals surface area (Å²) in [7, 11) is 0. The quantitative estimate of drug-likeness (QED) is 0.369. The smallest absolute Gasteiger partial charge is 0.311 e. The molecule has 0 bridgehead atoms. The second-order valence-electron chi connectivity index (χ2n) is 7.22. The number of hydrogen-bond donors (Lipinski definition) is 2. The monoisotopic (exact) mass is 474 g/mol. The minimum atomic E-state index is -0.844. The van der Waals surface area contributed by atoms with E-state index in [9.17, 15) is 29.3 Å². The number of rotatable bonds is 6. The molecule has 1 heterocycles. The van der Waals surface area contributed by atoms with Crippen LogP contribution in [0.3, 0.4) is 0 Å². The summed E-state index contributed by atoms with van der Waals surface area (Å²) >= 11 is 5.90. The number of carbonyl (C=O) groups is 4. The van der Waals surface area contributed by atoms with E-state index < -0.39 is 41.1 Å². The molecule has 0 aromatic heterocycles. The molecule has 2 aromatic carbocycles. The van der Waals surface area contributed by atoms with Crippen molar-refractivity contribution in [2.45, 2.75) is 13.3 Å². The molecule has 2 aromatic rings. The van der Waals surface area contributed by atoms with Gasteiger partial charge in [0.25, 0.3) is 17.5 Å². The van der Waals surface area contributed by atoms with Crippen molar-refractivity contribution in [3.05, 3.63) is 68.7 Å². The van der Waals surface area contributed by atoms with Gasteiger partial charge in [-0.2, -0.15) is 0 Å². The summed E-state index contributed by atoms with van der Waals surface area (Å²) in [6.07, 6.45) is -0.161. The van der Waals surface area contributed by atoms with Crippen molar-refractivity contribution in [3.8, 4) is 0 Å². The highest BCUT2D eigenvalue weighted by Crippen LogP contribution is 2.30. The first-order chi connectivity index (χ1) is 15.7. The number of hydrazine groups is 1. The molecule has 0 spiro atoms. The van der Waals surface area contributed by atoms with Gasteiger partial charge in [-0.1, -0.05) is 29.8 Å². The second kappa shape index (κ2) is 10.1. The van der Waals surface area contributed by atoms with Gasteiger partial charge in [0.15, 0.2) is 6.61 Å². The predicted octanol–water partition coefficient (Wildman–Crippen LogP) is 1.91. The summed E-state index contributed by atoms with van der Waals surface area (Å²) in [5.74, 6) is -3.46. The van der Waals surface area contributed by atoms with Crippen LogP contribution in [0.4, 0.5) is 11.4 Å². The fourth-order valence-corrected chi connectivity index (χ4v) is 3.43. The molecule has 1 fully saturated rings. The highest BCUT2D eigenvalue weighted by molar-refractivity contribution is 6.33. The Labute approximate surface area is 192 Å². The van der Waals surface area contributed by atoms with Crippen molar-refractivity contribution in [2.24, 2.45) is 5.92 Å². The summed E-state index contributed by atoms with van der Waals surface area (Å²) in [5.41, 5.74) is 5.02. The number of amides is 3. The summed E-state index contributed by atoms with van der Waals surface area (Å²) in [6.45, 7) is 0.862. The maximum Gasteiger partial charge on any atom is 0.311 e. The molecule has 0 unspecified atom stereocenters. The molecule has 172 valence electrons. The van der Waals surface area contributed by atoms with Crippen molar-refractivity contribution >= 4 is 46.7 Å². The van der Waals surface area contributed by atoms with Gasteiger partial charge >= 0.3 is 5.97 Å². The van der Waals surface area contributed by atoms with Crippen molar-refractivity contribution < 1.29 is 28.8 Å². The topological polar surface area (TPSA) is 148 Å². The molecule has 2 N–H and O–H groups in total. The average Bonchev–Trinajstić information content (AvgIpc) is 3.18. The van der Waals surface area contributed by atoms with Crippen LogP contribution in [0.1, 0.15) is 22.3 Å². The van der Waals surface area contributed by atoms with E-state index in [0.717, 1.165) is 0 Å². The van der Waals surface area contributed by atoms with Crippen molar-refractivity contribution in [1.82, 2.24) is 10.9 Å². The maximum absolute atomic E-state index is 12.3. The van der Waals surface area contributed by atoms with Gasteiger partial charge in [0.2, 0.25) is 5.91 Å². The van der Waals surface area contributed by atoms with Crippen LogP contribution in [0.25, 0.3) is 0 Å². The van der Waals surface area contributed by atoms with Gasteiger partial charge in [-0.05, 0) is 25.1 Å². The average molecular weight is 475 g/mol. The Morgan fingerprint density at radius 2 is 1.94 bits per heavy atom. The SMILES string of the molecule is Cc1ccc(N2C[C@H](C(=O)OCC(=O)NNC(=O)c3ccccc3Cl)CC2=O)cc1[N+](=O)[O-]. The van der Waals surface area contributed by atoms with Gasteiger partial charge < -0.3 is 9.64 Å². The largest absolute Gasteiger partial charge is 0.455 e. The van der Waals surface area contributed by atoms with E-state index in [4.69, 9.17) is 16.3 Å². The number of aryl methyl sites for hydroxylation is 1. The molecule has 0 saturated carbocycles. The molecule has 3 rings (SSSR count). The predicted molar refractivity (Wildman–Crippen MR) is 116 cm³/mol. The Kier molecular flexibility index (Phi) is 7.23. The maximum atomic E-state index is 12.3. The van der Waals surface area contributed by atoms with Crippen molar-refractivity contribution in [2.75, 3.05) is 18.1 Å². The van der Waals surface area contributed by atoms with E-state index in [1.165, 1.54) is 29.2 Å². The molecule has 33 heavy (non-hydrogen) atoms. The number of halogens is 1. The number of nitrogens with one attached hydrogen (secondary N) is 2. The molecule has 1 saturated heterocycles. The number of nitro groups is 1. The lowest BCUT2D eigenvalue weighted by Crippen LogP contribution is -2.44. The van der Waals surface area contributed by atoms with Crippen LogP contribution < -0.4 is 15.8 Å². The van der Waals surface area contributed by atoms with Crippen LogP contribution >= 0.6 is 11.6 Å². The lowest BCUT2D eigenvalue weighted by molar-refractivity contribution is -0.385. The number of carbonyl (C=O) groups excluding carboxylic acids is 4. The van der Waals surface area contributed by atoms with Crippen LogP contribution in [0.5, 0.6) is 0 Å². The molecule has 3 amide bonds. The van der Waals surface area contributed by atoms with E-state index in [-0.39, 0.29) is 29.2 Å². The van der Waals surface area contributed by atoms with Gasteiger partial charge in [0.05, 0.1) is 27.1 Å². The summed E-state index contributed by atoms with van der Waals surface area (Å²) in [6, 6.07) is 10.6. The fraction of sp³-hybridized carbons (Fsp3) is 0.238. The van der Waals surface area contributed by atoms with E-state index in [1.54, 1.807) is 25.1 Å². The van der Waals surface area contributed by atoms with E-state index in [0.29, 0.717) is 11.3 Å². The van der Waals surface area contributed by atoms with Gasteiger partial charge in [-0.15, -0.1) is 0 Å². The van der Waals surface area contributed by atoms with Gasteiger partial charge in [-0.3, -0.25) is 40.1 Å². The van der Waals surface area contributed by atoms with E-state index in [1.807, 2.05) is 0 Å². The first-order valence-electron chi connectivity index (χ1n) is 9.73. The van der Waals surface area contributed by atoms with Gasteiger partial charge in [0.1, 0.15) is 0 Å². The molecule has 1 aliphatic rings. The number of ether oxygens (including phenoxy) is 1. The number of hydrogen-bond acceptors (Lipinski definition) is 7. The third kappa shape index (κ3) is 5.63. The van der Waals surface area contributed by atoms with Gasteiger partial charge in [0, 0.05) is 24.6 Å². The molecular formula is C21H19ClN4O7. The zero-order valence-electron chi connectivity index (χ0n) is 17.4. The molecule has 0 aliphatic carbocycles. The first-order valence-corrected chi connectivity index (χ1v) is 10.1. The number of nitro benzene ring substituents is 1. The third-order valence-electron chi connectivity index (χ3n) is 4.94. The summed E-state index contributed by atoms with van der Waals surface area (Å²) < 4.78 is 4.95. The Hall–Kier alpha value is -3.99. The number of anilines is 1. The molecule has 1 atom stereocenters. The third-order valence-corrected chi connectivity index (χ3v) is 5.27. The lowest BCUT2D eigenvalue weighted by atomic mass is 10.1. The highest BCUT2D eigenvalue weighted by atomic mass is 35.5. The Balaban J connectivity index is 1.51. The number of nitrogens with zero attached hydrogens (tertiary/aromatic N) is 2. The zero-order valence-corrected chi connectivity index (χ0v) is 18.1. The van der Waals surface area contributed by atoms with E-state index >= 15 is 0 Å². The molecule has 11 nitrogen and oxygen atoms in total. The molecule has 0 radical (unpaired) electrons. The molecular weight excluding hydrogens is 456 g/mol. The van der Waals surface area contributed by atoms with Gasteiger partial charge in [-0.25, -0.2) is 0 Å². The van der Waals surface area contributed by atoms with E-state index in [2.05, 4.69) is 10.9 Å².